The second-order valence-electron chi connectivity index (χ2n) is 9.34. The fraction of sp³-hybridized carbons (Fsp3) is 0.241. The van der Waals surface area contributed by atoms with Crippen LogP contribution in [0.4, 0.5) is 0 Å². The number of hydrogen-bond donors (Lipinski definition) is 1. The van der Waals surface area contributed by atoms with Gasteiger partial charge in [0.05, 0.1) is 32.7 Å². The second-order valence-corrected chi connectivity index (χ2v) is 11.3. The number of benzene rings is 2. The molecule has 0 spiro atoms. The van der Waals surface area contributed by atoms with Gasteiger partial charge in [0.15, 0.2) is 5.69 Å². The van der Waals surface area contributed by atoms with E-state index in [1.54, 1.807) is 22.9 Å². The minimum atomic E-state index is -0.369. The van der Waals surface area contributed by atoms with Crippen LogP contribution in [0.15, 0.2) is 59.7 Å². The highest BCUT2D eigenvalue weighted by Crippen LogP contribution is 2.37. The van der Waals surface area contributed by atoms with Crippen molar-refractivity contribution in [3.63, 3.8) is 0 Å². The van der Waals surface area contributed by atoms with Crippen LogP contribution in [0.5, 0.6) is 0 Å². The molecule has 1 fully saturated rings. The van der Waals surface area contributed by atoms with Gasteiger partial charge in [-0.3, -0.25) is 10.2 Å². The highest BCUT2D eigenvalue weighted by Gasteiger charge is 2.27. The highest BCUT2D eigenvalue weighted by molar-refractivity contribution is 7.16. The summed E-state index contributed by atoms with van der Waals surface area (Å²) >= 11 is 14.2. The Morgan fingerprint density at radius 2 is 1.88 bits per heavy atom. The highest BCUT2D eigenvalue weighted by atomic mass is 35.5. The average molecular weight is 591 g/mol. The van der Waals surface area contributed by atoms with Gasteiger partial charge in [0.25, 0.3) is 5.91 Å². The molecule has 5 rings (SSSR count). The zero-order valence-corrected chi connectivity index (χ0v) is 24.0. The first-order valence-electron chi connectivity index (χ1n) is 12.8. The Bertz CT molecular complexity index is 1650. The summed E-state index contributed by atoms with van der Waals surface area (Å²) in [5.41, 5.74) is 16.0. The van der Waals surface area contributed by atoms with E-state index < -0.39 is 0 Å². The molecule has 0 saturated carbocycles. The third-order valence-electron chi connectivity index (χ3n) is 6.47. The van der Waals surface area contributed by atoms with E-state index in [1.807, 2.05) is 48.3 Å². The maximum absolute atomic E-state index is 13.5. The van der Waals surface area contributed by atoms with Gasteiger partial charge in [0.2, 0.25) is 0 Å². The summed E-state index contributed by atoms with van der Waals surface area (Å²) in [5, 5.41) is 11.3. The Kier molecular flexibility index (Phi) is 8.75. The number of aryl methyl sites for hydroxylation is 1. The molecule has 2 aromatic carbocycles. The lowest BCUT2D eigenvalue weighted by molar-refractivity contribution is 0.0743. The molecule has 1 aliphatic rings. The summed E-state index contributed by atoms with van der Waals surface area (Å²) in [6.45, 7) is 3.50. The number of amides is 1. The number of rotatable bonds is 6. The topological polar surface area (TPSA) is 98.9 Å². The van der Waals surface area contributed by atoms with E-state index in [1.165, 1.54) is 16.9 Å². The minimum Gasteiger partial charge on any atom is -0.283 e. The molecule has 40 heavy (non-hydrogen) atoms. The van der Waals surface area contributed by atoms with E-state index in [0.717, 1.165) is 47.7 Å². The minimum absolute atomic E-state index is 0.0674. The van der Waals surface area contributed by atoms with Crippen LogP contribution in [0.2, 0.25) is 10.0 Å². The number of hydrogen-bond acceptors (Lipinski definition) is 5. The summed E-state index contributed by atoms with van der Waals surface area (Å²) < 4.78 is 1.62. The fourth-order valence-corrected chi connectivity index (χ4v) is 5.88. The van der Waals surface area contributed by atoms with Crippen LogP contribution in [-0.2, 0) is 6.54 Å². The Balaban J connectivity index is 1.61. The molecule has 0 bridgehead atoms. The van der Waals surface area contributed by atoms with Crippen molar-refractivity contribution in [3.05, 3.63) is 102 Å². The quantitative estimate of drug-likeness (QED) is 0.109. The average Bonchev–Trinajstić information content (AvgIpc) is 3.57. The molecule has 1 N–H and O–H groups in total. The van der Waals surface area contributed by atoms with Gasteiger partial charge < -0.3 is 0 Å². The Labute approximate surface area is 246 Å². The molecule has 0 radical (unpaired) electrons. The van der Waals surface area contributed by atoms with Crippen molar-refractivity contribution >= 4 is 40.4 Å². The maximum Gasteiger partial charge on any atom is 0.286 e. The van der Waals surface area contributed by atoms with Gasteiger partial charge in [-0.2, -0.15) is 5.10 Å². The van der Waals surface area contributed by atoms with Gasteiger partial charge in [0, 0.05) is 34.2 Å². The predicted molar refractivity (Wildman–Crippen MR) is 160 cm³/mol. The van der Waals surface area contributed by atoms with Crippen LogP contribution < -0.4 is 5.43 Å². The first kappa shape index (κ1) is 27.8. The lowest BCUT2D eigenvalue weighted by Crippen LogP contribution is -2.45. The first-order valence-corrected chi connectivity index (χ1v) is 14.3. The number of halogens is 2. The molecule has 0 atom stereocenters. The fourth-order valence-electron chi connectivity index (χ4n) is 4.47. The maximum atomic E-state index is 13.5. The van der Waals surface area contributed by atoms with Crippen LogP contribution in [0.3, 0.4) is 0 Å². The molecule has 0 aliphatic carbocycles. The Morgan fingerprint density at radius 3 is 2.60 bits per heavy atom. The molecular weight excluding hydrogens is 565 g/mol. The molecule has 1 saturated heterocycles. The van der Waals surface area contributed by atoms with Gasteiger partial charge in [-0.25, -0.2) is 9.69 Å². The van der Waals surface area contributed by atoms with E-state index in [4.69, 9.17) is 33.8 Å². The van der Waals surface area contributed by atoms with Gasteiger partial charge in [-0.1, -0.05) is 64.3 Å². The van der Waals surface area contributed by atoms with Crippen molar-refractivity contribution in [3.8, 4) is 28.1 Å². The van der Waals surface area contributed by atoms with E-state index >= 15 is 0 Å². The van der Waals surface area contributed by atoms with E-state index in [0.29, 0.717) is 27.0 Å². The standard InChI is InChI=1S/C29H25Cl2N7OS/c1-19-5-7-20(8-6-19)9-11-22-12-14-26(40-22)28-23(18-33-36-32)27(29(39)35-37-15-3-2-4-16-37)34-38(28)25-13-10-21(30)17-24(25)31/h5-8,10,12-14,17H,2-4,15-16,18H2,1H3,(H,35,39). The molecule has 4 aromatic rings. The molecule has 1 aliphatic heterocycles. The number of nitrogens with one attached hydrogen (secondary N) is 1. The first-order chi connectivity index (χ1) is 19.4. The van der Waals surface area contributed by atoms with Crippen molar-refractivity contribution in [2.24, 2.45) is 5.11 Å². The number of carbonyl (C=O) groups is 1. The van der Waals surface area contributed by atoms with E-state index in [-0.39, 0.29) is 18.1 Å². The number of nitrogens with zero attached hydrogens (tertiary/aromatic N) is 6. The number of azide groups is 1. The lowest BCUT2D eigenvalue weighted by atomic mass is 10.1. The van der Waals surface area contributed by atoms with Crippen LogP contribution >= 0.6 is 34.5 Å². The molecule has 8 nitrogen and oxygen atoms in total. The van der Waals surface area contributed by atoms with Gasteiger partial charge in [0.1, 0.15) is 0 Å². The van der Waals surface area contributed by atoms with Gasteiger partial charge in [-0.05, 0) is 67.8 Å². The molecule has 1 amide bonds. The third-order valence-corrected chi connectivity index (χ3v) is 8.01. The van der Waals surface area contributed by atoms with Crippen LogP contribution in [0.1, 0.15) is 51.3 Å². The van der Waals surface area contributed by atoms with Crippen molar-refractivity contribution in [1.82, 2.24) is 20.2 Å². The number of piperidine rings is 1. The summed E-state index contributed by atoms with van der Waals surface area (Å²) in [6, 6.07) is 16.9. The number of thiophene rings is 1. The summed E-state index contributed by atoms with van der Waals surface area (Å²) in [6.07, 6.45) is 3.15. The normalized spacial score (nSPS) is 13.3. The van der Waals surface area contributed by atoms with Gasteiger partial charge >= 0.3 is 0 Å². The van der Waals surface area contributed by atoms with Gasteiger partial charge in [-0.15, -0.1) is 11.3 Å². The van der Waals surface area contributed by atoms with Crippen LogP contribution in [0.25, 0.3) is 26.7 Å². The molecule has 11 heteroatoms. The van der Waals surface area contributed by atoms with Crippen molar-refractivity contribution in [2.45, 2.75) is 32.7 Å². The molecule has 202 valence electrons. The van der Waals surface area contributed by atoms with Crippen molar-refractivity contribution < 1.29 is 4.79 Å². The zero-order chi connectivity index (χ0) is 28.1. The van der Waals surface area contributed by atoms with Crippen LogP contribution in [-0.4, -0.2) is 33.8 Å². The zero-order valence-electron chi connectivity index (χ0n) is 21.7. The summed E-state index contributed by atoms with van der Waals surface area (Å²) in [5.74, 6) is 6.05. The number of aromatic nitrogens is 2. The third kappa shape index (κ3) is 6.34. The summed E-state index contributed by atoms with van der Waals surface area (Å²) in [4.78, 5) is 18.1. The molecule has 2 aromatic heterocycles. The second kappa shape index (κ2) is 12.6. The predicted octanol–water partition coefficient (Wildman–Crippen LogP) is 7.56. The summed E-state index contributed by atoms with van der Waals surface area (Å²) in [7, 11) is 0. The van der Waals surface area contributed by atoms with Crippen molar-refractivity contribution in [2.75, 3.05) is 13.1 Å². The van der Waals surface area contributed by atoms with Crippen molar-refractivity contribution in [1.29, 1.82) is 0 Å². The van der Waals surface area contributed by atoms with E-state index in [2.05, 4.69) is 27.3 Å². The Morgan fingerprint density at radius 1 is 1.10 bits per heavy atom. The monoisotopic (exact) mass is 589 g/mol. The molecule has 3 heterocycles. The smallest absolute Gasteiger partial charge is 0.283 e. The molecule has 0 unspecified atom stereocenters. The lowest BCUT2D eigenvalue weighted by Gasteiger charge is -2.26. The SMILES string of the molecule is Cc1ccc(C#Cc2ccc(-c3c(CN=[N+]=[N-])c(C(=O)NN4CCCCC4)nn3-c3ccc(Cl)cc3Cl)s2)cc1. The largest absolute Gasteiger partial charge is 0.286 e. The van der Waals surface area contributed by atoms with E-state index in [9.17, 15) is 4.79 Å². The number of carbonyl (C=O) groups excluding carboxylic acids is 1. The Hall–Kier alpha value is -3.77. The molecular formula is C29H25Cl2N7OS. The number of hydrazine groups is 1. The van der Waals surface area contributed by atoms with Crippen LogP contribution in [0, 0.1) is 18.8 Å².